The lowest BCUT2D eigenvalue weighted by molar-refractivity contribution is -0.222. The SMILES string of the molecule is CC1(C)C(c2ccc(C(=O)O)cc2)=CCC2(C)C1CCC1(C)C2CCC2C3CCCC3(CNC(=O)OCCCN3CCSCC3)CC[C@]21C. The van der Waals surface area contributed by atoms with E-state index in [4.69, 9.17) is 4.74 Å². The number of carboxylic acid groups (broad SMARTS) is 1. The van der Waals surface area contributed by atoms with Gasteiger partial charge in [0.05, 0.1) is 12.2 Å². The minimum absolute atomic E-state index is 0.0248. The van der Waals surface area contributed by atoms with Crippen LogP contribution in [-0.2, 0) is 4.74 Å². The normalized spacial score (nSPS) is 39.8. The lowest BCUT2D eigenvalue weighted by Crippen LogP contribution is -2.65. The van der Waals surface area contributed by atoms with Crippen LogP contribution >= 0.6 is 11.8 Å². The Morgan fingerprint density at radius 2 is 1.65 bits per heavy atom. The number of hydrogen-bond acceptors (Lipinski definition) is 5. The highest BCUT2D eigenvalue weighted by molar-refractivity contribution is 7.99. The third-order valence-electron chi connectivity index (χ3n) is 16.1. The molecule has 1 heterocycles. The van der Waals surface area contributed by atoms with E-state index in [0.717, 1.165) is 44.9 Å². The molecule has 0 radical (unpaired) electrons. The van der Waals surface area contributed by atoms with E-state index in [1.165, 1.54) is 80.4 Å². The van der Waals surface area contributed by atoms with Crippen LogP contribution in [0.15, 0.2) is 30.3 Å². The van der Waals surface area contributed by atoms with Gasteiger partial charge in [-0.2, -0.15) is 11.8 Å². The van der Waals surface area contributed by atoms with Crippen LogP contribution in [0.2, 0.25) is 0 Å². The Hall–Kier alpha value is -1.99. The van der Waals surface area contributed by atoms with Crippen molar-refractivity contribution in [1.82, 2.24) is 10.2 Å². The summed E-state index contributed by atoms with van der Waals surface area (Å²) >= 11 is 2.03. The quantitative estimate of drug-likeness (QED) is 0.265. The number of carboxylic acids is 1. The Bertz CT molecular complexity index is 1440. The number of fused-ring (bicyclic) bond motifs is 7. The monoisotopic (exact) mass is 690 g/mol. The lowest BCUT2D eigenvalue weighted by Gasteiger charge is -2.72. The molecule has 270 valence electrons. The summed E-state index contributed by atoms with van der Waals surface area (Å²) in [6.07, 6.45) is 15.9. The Morgan fingerprint density at radius 3 is 2.39 bits per heavy atom. The van der Waals surface area contributed by atoms with E-state index in [9.17, 15) is 14.7 Å². The predicted molar refractivity (Wildman–Crippen MR) is 200 cm³/mol. The first kappa shape index (κ1) is 35.4. The van der Waals surface area contributed by atoms with Gasteiger partial charge < -0.3 is 20.1 Å². The van der Waals surface area contributed by atoms with Crippen molar-refractivity contribution in [2.24, 2.45) is 50.7 Å². The second-order valence-corrected chi connectivity index (χ2v) is 19.5. The molecule has 6 aliphatic rings. The van der Waals surface area contributed by atoms with Gasteiger partial charge in [0.25, 0.3) is 0 Å². The van der Waals surface area contributed by atoms with Crippen molar-refractivity contribution in [3.63, 3.8) is 0 Å². The molecule has 0 spiro atoms. The summed E-state index contributed by atoms with van der Waals surface area (Å²) < 4.78 is 5.70. The minimum atomic E-state index is -0.864. The summed E-state index contributed by atoms with van der Waals surface area (Å²) in [6, 6.07) is 7.59. The molecule has 1 saturated heterocycles. The van der Waals surface area contributed by atoms with Gasteiger partial charge in [-0.05, 0) is 138 Å². The third-order valence-corrected chi connectivity index (χ3v) is 17.0. The highest BCUT2D eigenvalue weighted by Crippen LogP contribution is 2.77. The average molecular weight is 691 g/mol. The van der Waals surface area contributed by atoms with Gasteiger partial charge in [-0.1, -0.05) is 59.2 Å². The number of carbonyl (C=O) groups excluding carboxylic acids is 1. The Balaban J connectivity index is 1.03. The zero-order valence-electron chi connectivity index (χ0n) is 31.0. The van der Waals surface area contributed by atoms with Crippen molar-refractivity contribution >= 4 is 29.4 Å². The molecule has 1 amide bonds. The molecule has 1 aromatic carbocycles. The standard InChI is InChI=1S/C42H62N2O4S/c1-38(2)31(29-9-11-30(12-10-29)36(45)46)15-18-39(3)34(38)16-19-41(5)35(39)14-13-32-33-8-6-17-42(33,21-20-40(32,41)4)28-43-37(47)48-25-7-22-44-23-26-49-27-24-44/h9-12,15,32-35H,6-8,13-14,16-28H2,1-5H3,(H,43,47)(H,45,46)/t32?,33?,34?,35?,39?,40-,41?,42?/m1/s1. The molecule has 49 heavy (non-hydrogen) atoms. The molecular formula is C42H62N2O4S. The number of rotatable bonds is 8. The fourth-order valence-electron chi connectivity index (χ4n) is 13.5. The summed E-state index contributed by atoms with van der Waals surface area (Å²) in [6.45, 7) is 17.6. The summed E-state index contributed by atoms with van der Waals surface area (Å²) in [4.78, 5) is 26.9. The maximum atomic E-state index is 12.9. The van der Waals surface area contributed by atoms with Crippen molar-refractivity contribution in [1.29, 1.82) is 0 Å². The zero-order chi connectivity index (χ0) is 34.7. The second kappa shape index (κ2) is 13.2. The fourth-order valence-corrected chi connectivity index (χ4v) is 14.5. The first-order chi connectivity index (χ1) is 23.3. The van der Waals surface area contributed by atoms with E-state index in [0.29, 0.717) is 40.8 Å². The number of nitrogens with one attached hydrogen (secondary N) is 1. The van der Waals surface area contributed by atoms with E-state index in [2.05, 4.69) is 50.9 Å². The largest absolute Gasteiger partial charge is 0.478 e. The molecule has 7 rings (SSSR count). The highest BCUT2D eigenvalue weighted by atomic mass is 32.2. The van der Waals surface area contributed by atoms with E-state index in [1.54, 1.807) is 12.1 Å². The number of thioether (sulfide) groups is 1. The molecule has 5 fully saturated rings. The summed E-state index contributed by atoms with van der Waals surface area (Å²) in [5.74, 6) is 4.27. The van der Waals surface area contributed by atoms with Crippen LogP contribution in [0, 0.1) is 50.7 Å². The zero-order valence-corrected chi connectivity index (χ0v) is 31.8. The van der Waals surface area contributed by atoms with Crippen LogP contribution in [0.5, 0.6) is 0 Å². The molecule has 6 nitrogen and oxygen atoms in total. The van der Waals surface area contributed by atoms with E-state index in [-0.39, 0.29) is 22.3 Å². The predicted octanol–water partition coefficient (Wildman–Crippen LogP) is 9.40. The topological polar surface area (TPSA) is 78.9 Å². The van der Waals surface area contributed by atoms with Gasteiger partial charge in [0, 0.05) is 37.7 Å². The summed E-state index contributed by atoms with van der Waals surface area (Å²) in [5, 5.41) is 12.8. The van der Waals surface area contributed by atoms with Gasteiger partial charge in [0.2, 0.25) is 0 Å². The summed E-state index contributed by atoms with van der Waals surface area (Å²) in [5.41, 5.74) is 4.05. The fraction of sp³-hybridized carbons (Fsp3) is 0.762. The molecule has 1 aromatic rings. The Morgan fingerprint density at radius 1 is 0.898 bits per heavy atom. The number of amides is 1. The van der Waals surface area contributed by atoms with E-state index < -0.39 is 5.97 Å². The molecule has 7 heteroatoms. The average Bonchev–Trinajstić information content (AvgIpc) is 3.51. The molecular weight excluding hydrogens is 629 g/mol. The molecule has 7 unspecified atom stereocenters. The van der Waals surface area contributed by atoms with Crippen LogP contribution in [0.1, 0.15) is 121 Å². The van der Waals surface area contributed by atoms with Crippen molar-refractivity contribution in [3.05, 3.63) is 41.5 Å². The number of hydrogen-bond donors (Lipinski definition) is 2. The first-order valence-corrected chi connectivity index (χ1v) is 20.7. The molecule has 0 aromatic heterocycles. The molecule has 0 bridgehead atoms. The van der Waals surface area contributed by atoms with Gasteiger partial charge >= 0.3 is 12.1 Å². The van der Waals surface area contributed by atoms with Crippen LogP contribution in [0.25, 0.3) is 5.57 Å². The molecule has 5 aliphatic carbocycles. The number of carbonyl (C=O) groups is 2. The van der Waals surface area contributed by atoms with Crippen LogP contribution < -0.4 is 5.32 Å². The molecule has 1 aliphatic heterocycles. The van der Waals surface area contributed by atoms with E-state index >= 15 is 0 Å². The maximum Gasteiger partial charge on any atom is 0.407 e. The number of aromatic carboxylic acids is 1. The van der Waals surface area contributed by atoms with Gasteiger partial charge in [-0.25, -0.2) is 9.59 Å². The first-order valence-electron chi connectivity index (χ1n) is 19.6. The number of nitrogens with zero attached hydrogens (tertiary/aromatic N) is 1. The number of ether oxygens (including phenoxy) is 1. The van der Waals surface area contributed by atoms with Crippen molar-refractivity contribution in [2.75, 3.05) is 44.3 Å². The van der Waals surface area contributed by atoms with Crippen molar-refractivity contribution in [3.8, 4) is 0 Å². The van der Waals surface area contributed by atoms with Crippen molar-refractivity contribution in [2.45, 2.75) is 105 Å². The number of benzene rings is 1. The van der Waals surface area contributed by atoms with Gasteiger partial charge in [0.15, 0.2) is 0 Å². The lowest BCUT2D eigenvalue weighted by atomic mass is 9.32. The maximum absolute atomic E-state index is 12.9. The second-order valence-electron chi connectivity index (χ2n) is 18.3. The minimum Gasteiger partial charge on any atom is -0.478 e. The highest BCUT2D eigenvalue weighted by Gasteiger charge is 2.69. The van der Waals surface area contributed by atoms with Crippen LogP contribution in [-0.4, -0.2) is 66.4 Å². The third kappa shape index (κ3) is 5.89. The molecule has 8 atom stereocenters. The van der Waals surface area contributed by atoms with Gasteiger partial charge in [-0.15, -0.1) is 0 Å². The smallest absolute Gasteiger partial charge is 0.407 e. The van der Waals surface area contributed by atoms with Gasteiger partial charge in [0.1, 0.15) is 0 Å². The summed E-state index contributed by atoms with van der Waals surface area (Å²) in [7, 11) is 0. The molecule has 2 N–H and O–H groups in total. The molecule has 4 saturated carbocycles. The van der Waals surface area contributed by atoms with E-state index in [1.807, 2.05) is 23.9 Å². The van der Waals surface area contributed by atoms with Crippen LogP contribution in [0.4, 0.5) is 4.79 Å². The van der Waals surface area contributed by atoms with Gasteiger partial charge in [-0.3, -0.25) is 0 Å². The Kier molecular flexibility index (Phi) is 9.55. The van der Waals surface area contributed by atoms with Crippen molar-refractivity contribution < 1.29 is 19.4 Å². The number of allylic oxidation sites excluding steroid dienone is 2. The van der Waals surface area contributed by atoms with Crippen LogP contribution in [0.3, 0.4) is 0 Å². The Labute approximate surface area is 300 Å². The number of alkyl carbamates (subject to hydrolysis) is 1.